The molecule has 1 aromatic heterocycles. The molecule has 0 fully saturated rings. The number of amides is 1. The van der Waals surface area contributed by atoms with Crippen molar-refractivity contribution in [2.45, 2.75) is 0 Å². The Morgan fingerprint density at radius 2 is 2.00 bits per heavy atom. The summed E-state index contributed by atoms with van der Waals surface area (Å²) in [4.78, 5) is 22.9. The van der Waals surface area contributed by atoms with Gasteiger partial charge in [0.05, 0.1) is 23.1 Å². The van der Waals surface area contributed by atoms with E-state index in [9.17, 15) is 14.9 Å². The number of non-ortho nitro benzene ring substituents is 1. The molecule has 25 heavy (non-hydrogen) atoms. The summed E-state index contributed by atoms with van der Waals surface area (Å²) in [7, 11) is 1.59. The number of nitrogens with one attached hydrogen (secondary N) is 1. The summed E-state index contributed by atoms with van der Waals surface area (Å²) in [6.07, 6.45) is 1.52. The molecule has 0 aliphatic carbocycles. The second-order valence-electron chi connectivity index (χ2n) is 5.06. The molecule has 7 nitrogen and oxygen atoms in total. The molecule has 126 valence electrons. The predicted octanol–water partition coefficient (Wildman–Crippen LogP) is 3.58. The first-order valence-corrected chi connectivity index (χ1v) is 8.04. The molecule has 1 N–H and O–H groups in total. The third-order valence-corrected chi connectivity index (χ3v) is 4.54. The molecule has 1 amide bonds. The maximum atomic E-state index is 12.2. The van der Waals surface area contributed by atoms with Crippen molar-refractivity contribution in [3.05, 3.63) is 69.1 Å². The number of thiophene rings is 1. The molecular formula is C17H13N3O4S. The van der Waals surface area contributed by atoms with E-state index in [1.165, 1.54) is 29.7 Å². The van der Waals surface area contributed by atoms with Crippen LogP contribution in [0, 0.1) is 10.1 Å². The Bertz CT molecular complexity index is 964. The van der Waals surface area contributed by atoms with Crippen molar-refractivity contribution in [3.8, 4) is 5.75 Å². The summed E-state index contributed by atoms with van der Waals surface area (Å²) in [5, 5.41) is 15.4. The van der Waals surface area contributed by atoms with Gasteiger partial charge in [0, 0.05) is 22.2 Å². The molecule has 0 bridgehead atoms. The lowest BCUT2D eigenvalue weighted by atomic mass is 10.2. The number of hydrazone groups is 1. The van der Waals surface area contributed by atoms with E-state index < -0.39 is 4.92 Å². The van der Waals surface area contributed by atoms with Crippen molar-refractivity contribution in [2.24, 2.45) is 5.10 Å². The Labute approximate surface area is 146 Å². The standard InChI is InChI=1S/C17H13N3O4S/c1-24-14-5-2-11(3-6-14)10-18-19-17(21)16-9-12-8-13(20(22)23)4-7-15(12)25-16/h2-10H,1H3,(H,19,21). The molecule has 0 radical (unpaired) electrons. The average molecular weight is 355 g/mol. The van der Waals surface area contributed by atoms with Crippen LogP contribution in [0.1, 0.15) is 15.2 Å². The van der Waals surface area contributed by atoms with Crippen LogP contribution in [-0.2, 0) is 0 Å². The van der Waals surface area contributed by atoms with E-state index in [2.05, 4.69) is 10.5 Å². The van der Waals surface area contributed by atoms with Gasteiger partial charge in [0.2, 0.25) is 0 Å². The number of nitro benzene ring substituents is 1. The SMILES string of the molecule is COc1ccc(C=NNC(=O)c2cc3cc([N+](=O)[O-])ccc3s2)cc1. The van der Waals surface area contributed by atoms with Gasteiger partial charge in [-0.15, -0.1) is 11.3 Å². The molecule has 1 heterocycles. The van der Waals surface area contributed by atoms with Gasteiger partial charge in [0.1, 0.15) is 5.75 Å². The smallest absolute Gasteiger partial charge is 0.281 e. The van der Waals surface area contributed by atoms with Gasteiger partial charge < -0.3 is 4.74 Å². The fourth-order valence-corrected chi connectivity index (χ4v) is 3.10. The lowest BCUT2D eigenvalue weighted by molar-refractivity contribution is -0.384. The second kappa shape index (κ2) is 7.10. The Morgan fingerprint density at radius 3 is 2.68 bits per heavy atom. The van der Waals surface area contributed by atoms with Gasteiger partial charge in [0.25, 0.3) is 11.6 Å². The lowest BCUT2D eigenvalue weighted by Gasteiger charge is -1.99. The van der Waals surface area contributed by atoms with Crippen molar-refractivity contribution in [1.82, 2.24) is 5.43 Å². The molecule has 3 rings (SSSR count). The van der Waals surface area contributed by atoms with Gasteiger partial charge in [-0.3, -0.25) is 14.9 Å². The second-order valence-corrected chi connectivity index (χ2v) is 6.15. The largest absolute Gasteiger partial charge is 0.497 e. The Balaban J connectivity index is 1.71. The van der Waals surface area contributed by atoms with Gasteiger partial charge >= 0.3 is 0 Å². The van der Waals surface area contributed by atoms with E-state index >= 15 is 0 Å². The normalized spacial score (nSPS) is 10.9. The number of nitrogens with zero attached hydrogens (tertiary/aromatic N) is 2. The molecular weight excluding hydrogens is 342 g/mol. The van der Waals surface area contributed by atoms with Crippen LogP contribution >= 0.6 is 11.3 Å². The maximum absolute atomic E-state index is 12.2. The number of methoxy groups -OCH3 is 1. The van der Waals surface area contributed by atoms with Crippen molar-refractivity contribution in [1.29, 1.82) is 0 Å². The quantitative estimate of drug-likeness (QED) is 0.430. The van der Waals surface area contributed by atoms with Gasteiger partial charge in [-0.2, -0.15) is 5.10 Å². The highest BCUT2D eigenvalue weighted by Gasteiger charge is 2.12. The van der Waals surface area contributed by atoms with E-state index in [0.717, 1.165) is 16.0 Å². The first-order valence-electron chi connectivity index (χ1n) is 7.22. The lowest BCUT2D eigenvalue weighted by Crippen LogP contribution is -2.16. The zero-order valence-corrected chi connectivity index (χ0v) is 13.9. The zero-order chi connectivity index (χ0) is 17.8. The monoisotopic (exact) mass is 355 g/mol. The first kappa shape index (κ1) is 16.6. The van der Waals surface area contributed by atoms with Gasteiger partial charge in [-0.1, -0.05) is 0 Å². The van der Waals surface area contributed by atoms with Crippen LogP contribution < -0.4 is 10.2 Å². The number of hydrogen-bond donors (Lipinski definition) is 1. The van der Waals surface area contributed by atoms with E-state index in [-0.39, 0.29) is 11.6 Å². The van der Waals surface area contributed by atoms with Crippen molar-refractivity contribution < 1.29 is 14.5 Å². The van der Waals surface area contributed by atoms with Crippen LogP contribution in [-0.4, -0.2) is 24.2 Å². The van der Waals surface area contributed by atoms with Crippen LogP contribution in [0.2, 0.25) is 0 Å². The highest BCUT2D eigenvalue weighted by atomic mass is 32.1. The summed E-state index contributed by atoms with van der Waals surface area (Å²) in [5.74, 6) is 0.370. The number of benzene rings is 2. The first-order chi connectivity index (χ1) is 12.1. The van der Waals surface area contributed by atoms with Crippen LogP contribution in [0.15, 0.2) is 53.6 Å². The minimum atomic E-state index is -0.462. The topological polar surface area (TPSA) is 93.8 Å². The minimum absolute atomic E-state index is 0.00483. The molecule has 2 aromatic carbocycles. The van der Waals surface area contributed by atoms with E-state index in [1.807, 2.05) is 12.1 Å². The van der Waals surface area contributed by atoms with E-state index in [4.69, 9.17) is 4.74 Å². The predicted molar refractivity (Wildman–Crippen MR) is 96.5 cm³/mol. The van der Waals surface area contributed by atoms with Crippen molar-refractivity contribution >= 4 is 39.2 Å². The number of hydrogen-bond acceptors (Lipinski definition) is 6. The van der Waals surface area contributed by atoms with Crippen molar-refractivity contribution in [3.63, 3.8) is 0 Å². The highest BCUT2D eigenvalue weighted by Crippen LogP contribution is 2.28. The molecule has 0 spiro atoms. The third-order valence-electron chi connectivity index (χ3n) is 3.43. The number of carbonyl (C=O) groups excluding carboxylic acids is 1. The van der Waals surface area contributed by atoms with Gasteiger partial charge in [0.15, 0.2) is 0 Å². The summed E-state index contributed by atoms with van der Waals surface area (Å²) in [6, 6.07) is 13.3. The van der Waals surface area contributed by atoms with Crippen LogP contribution in [0.25, 0.3) is 10.1 Å². The minimum Gasteiger partial charge on any atom is -0.497 e. The van der Waals surface area contributed by atoms with Gasteiger partial charge in [-0.25, -0.2) is 5.43 Å². The zero-order valence-electron chi connectivity index (χ0n) is 13.1. The third kappa shape index (κ3) is 3.81. The van der Waals surface area contributed by atoms with Crippen LogP contribution in [0.3, 0.4) is 0 Å². The molecule has 0 aliphatic heterocycles. The molecule has 0 saturated carbocycles. The highest BCUT2D eigenvalue weighted by molar-refractivity contribution is 7.20. The molecule has 3 aromatic rings. The Kier molecular flexibility index (Phi) is 4.71. The van der Waals surface area contributed by atoms with E-state index in [1.54, 1.807) is 31.4 Å². The fraction of sp³-hybridized carbons (Fsp3) is 0.0588. The summed E-state index contributed by atoms with van der Waals surface area (Å²) < 4.78 is 5.87. The Hall–Kier alpha value is -3.26. The summed E-state index contributed by atoms with van der Waals surface area (Å²) >= 11 is 1.25. The maximum Gasteiger partial charge on any atom is 0.281 e. The number of carbonyl (C=O) groups is 1. The average Bonchev–Trinajstić information content (AvgIpc) is 3.05. The summed E-state index contributed by atoms with van der Waals surface area (Å²) in [6.45, 7) is 0. The van der Waals surface area contributed by atoms with E-state index in [0.29, 0.717) is 10.3 Å². The number of nitro groups is 1. The summed E-state index contributed by atoms with van der Waals surface area (Å²) in [5.41, 5.74) is 3.26. The molecule has 0 saturated heterocycles. The fourth-order valence-electron chi connectivity index (χ4n) is 2.17. The Morgan fingerprint density at radius 1 is 1.24 bits per heavy atom. The van der Waals surface area contributed by atoms with Crippen LogP contribution in [0.4, 0.5) is 5.69 Å². The molecule has 0 atom stereocenters. The van der Waals surface area contributed by atoms with Gasteiger partial charge in [-0.05, 0) is 42.0 Å². The van der Waals surface area contributed by atoms with Crippen LogP contribution in [0.5, 0.6) is 5.75 Å². The molecule has 0 aliphatic rings. The number of ether oxygens (including phenoxy) is 1. The number of fused-ring (bicyclic) bond motifs is 1. The molecule has 8 heteroatoms. The van der Waals surface area contributed by atoms with Crippen molar-refractivity contribution in [2.75, 3.05) is 7.11 Å². The molecule has 0 unspecified atom stereocenters. The number of rotatable bonds is 5.